The Balaban J connectivity index is 3.80. The van der Waals surface area contributed by atoms with E-state index < -0.39 is 0 Å². The van der Waals surface area contributed by atoms with E-state index in [0.29, 0.717) is 0 Å². The van der Waals surface area contributed by atoms with Crippen molar-refractivity contribution in [1.29, 1.82) is 0 Å². The first-order valence-electron chi connectivity index (χ1n) is 4.57. The van der Waals surface area contributed by atoms with Crippen LogP contribution >= 0.6 is 12.6 Å². The Morgan fingerprint density at radius 2 is 1.75 bits per heavy atom. The molecule has 12 heavy (non-hydrogen) atoms. The normalized spacial score (nSPS) is 12.2. The lowest BCUT2D eigenvalue weighted by atomic mass is 10.3. The van der Waals surface area contributed by atoms with E-state index >= 15 is 0 Å². The molecule has 0 aliphatic rings. The van der Waals surface area contributed by atoms with Crippen molar-refractivity contribution < 1.29 is 9.47 Å². The molecular formula is C8H20O2SSi. The van der Waals surface area contributed by atoms with Crippen molar-refractivity contribution in [2.24, 2.45) is 0 Å². The molecule has 0 unspecified atom stereocenters. The van der Waals surface area contributed by atoms with Gasteiger partial charge in [-0.2, -0.15) is 12.6 Å². The summed E-state index contributed by atoms with van der Waals surface area (Å²) in [7, 11) is 0.924. The standard InChI is InChI=1S/C8H20O2SSi/c1-3-9-8(12,10-4-2)6-5-7-11/h11H,3-7H2,1-2,12H3. The fourth-order valence-corrected chi connectivity index (χ4v) is 2.29. The van der Waals surface area contributed by atoms with Crippen LogP contribution in [-0.4, -0.2) is 34.6 Å². The van der Waals surface area contributed by atoms with Crippen LogP contribution in [0.1, 0.15) is 26.7 Å². The molecule has 0 spiro atoms. The van der Waals surface area contributed by atoms with Crippen molar-refractivity contribution in [1.82, 2.24) is 0 Å². The van der Waals surface area contributed by atoms with Gasteiger partial charge < -0.3 is 9.47 Å². The van der Waals surface area contributed by atoms with Crippen LogP contribution in [0, 0.1) is 0 Å². The first-order valence-corrected chi connectivity index (χ1v) is 6.20. The molecule has 0 aliphatic heterocycles. The fourth-order valence-electron chi connectivity index (χ4n) is 1.20. The first-order chi connectivity index (χ1) is 5.68. The van der Waals surface area contributed by atoms with Crippen LogP contribution in [0.2, 0.25) is 0 Å². The molecule has 0 aromatic heterocycles. The van der Waals surface area contributed by atoms with Crippen LogP contribution in [0.15, 0.2) is 0 Å². The van der Waals surface area contributed by atoms with Gasteiger partial charge in [-0.25, -0.2) is 0 Å². The van der Waals surface area contributed by atoms with E-state index in [1.807, 2.05) is 13.8 Å². The Bertz CT molecular complexity index is 105. The second-order valence-electron chi connectivity index (χ2n) is 2.83. The Morgan fingerprint density at radius 3 is 2.08 bits per heavy atom. The van der Waals surface area contributed by atoms with E-state index in [1.54, 1.807) is 0 Å². The summed E-state index contributed by atoms with van der Waals surface area (Å²) in [4.78, 5) is 0. The quantitative estimate of drug-likeness (QED) is 0.379. The Labute approximate surface area is 83.8 Å². The molecule has 74 valence electrons. The van der Waals surface area contributed by atoms with Gasteiger partial charge >= 0.3 is 0 Å². The van der Waals surface area contributed by atoms with E-state index in [-0.39, 0.29) is 5.41 Å². The summed E-state index contributed by atoms with van der Waals surface area (Å²) in [5.74, 6) is 0.907. The highest BCUT2D eigenvalue weighted by Crippen LogP contribution is 2.16. The molecule has 0 atom stereocenters. The third-order valence-electron chi connectivity index (χ3n) is 1.69. The van der Waals surface area contributed by atoms with Gasteiger partial charge in [-0.05, 0) is 32.4 Å². The average molecular weight is 208 g/mol. The predicted octanol–water partition coefficient (Wildman–Crippen LogP) is 0.789. The van der Waals surface area contributed by atoms with Crippen molar-refractivity contribution >= 4 is 22.9 Å². The van der Waals surface area contributed by atoms with E-state index in [0.717, 1.165) is 42.1 Å². The molecule has 4 heteroatoms. The molecule has 0 rings (SSSR count). The number of hydrogen-bond donors (Lipinski definition) is 1. The van der Waals surface area contributed by atoms with Crippen LogP contribution in [0.4, 0.5) is 0 Å². The molecule has 0 bridgehead atoms. The Kier molecular flexibility index (Phi) is 7.23. The monoisotopic (exact) mass is 208 g/mol. The lowest BCUT2D eigenvalue weighted by Gasteiger charge is -2.29. The highest BCUT2D eigenvalue weighted by Gasteiger charge is 2.23. The van der Waals surface area contributed by atoms with Crippen LogP contribution < -0.4 is 0 Å². The van der Waals surface area contributed by atoms with Gasteiger partial charge in [0.25, 0.3) is 0 Å². The second kappa shape index (κ2) is 6.94. The zero-order chi connectivity index (χ0) is 9.45. The molecule has 0 aromatic rings. The van der Waals surface area contributed by atoms with E-state index in [1.165, 1.54) is 0 Å². The van der Waals surface area contributed by atoms with E-state index in [9.17, 15) is 0 Å². The molecule has 0 saturated heterocycles. The summed E-state index contributed by atoms with van der Waals surface area (Å²) in [6.07, 6.45) is 2.04. The molecule has 0 N–H and O–H groups in total. The number of rotatable bonds is 7. The lowest BCUT2D eigenvalue weighted by molar-refractivity contribution is -0.176. The Morgan fingerprint density at radius 1 is 1.25 bits per heavy atom. The van der Waals surface area contributed by atoms with Gasteiger partial charge in [0.1, 0.15) is 5.41 Å². The summed E-state index contributed by atoms with van der Waals surface area (Å²) in [6.45, 7) is 5.48. The van der Waals surface area contributed by atoms with Crippen molar-refractivity contribution in [3.8, 4) is 0 Å². The second-order valence-corrected chi connectivity index (χ2v) is 4.80. The van der Waals surface area contributed by atoms with E-state index in [2.05, 4.69) is 12.6 Å². The summed E-state index contributed by atoms with van der Waals surface area (Å²) in [5, 5.41) is 0. The lowest BCUT2D eigenvalue weighted by Crippen LogP contribution is -2.36. The van der Waals surface area contributed by atoms with Crippen molar-refractivity contribution in [2.45, 2.75) is 32.1 Å². The molecule has 0 fully saturated rings. The highest BCUT2D eigenvalue weighted by molar-refractivity contribution is 7.80. The van der Waals surface area contributed by atoms with Gasteiger partial charge in [0.15, 0.2) is 0 Å². The van der Waals surface area contributed by atoms with Crippen LogP contribution in [0.25, 0.3) is 0 Å². The molecule has 0 aliphatic carbocycles. The summed E-state index contributed by atoms with van der Waals surface area (Å²) < 4.78 is 11.2. The SMILES string of the molecule is CCOC([SiH3])(CCCS)OCC. The molecule has 0 heterocycles. The summed E-state index contributed by atoms with van der Waals surface area (Å²) in [5.41, 5.74) is -0.258. The molecule has 0 aromatic carbocycles. The van der Waals surface area contributed by atoms with Crippen LogP contribution in [0.5, 0.6) is 0 Å². The van der Waals surface area contributed by atoms with Crippen LogP contribution in [0.3, 0.4) is 0 Å². The van der Waals surface area contributed by atoms with Gasteiger partial charge in [0, 0.05) is 13.2 Å². The zero-order valence-electron chi connectivity index (χ0n) is 8.30. The molecular weight excluding hydrogens is 188 g/mol. The van der Waals surface area contributed by atoms with Crippen LogP contribution in [-0.2, 0) is 9.47 Å². The smallest absolute Gasteiger partial charge is 0.141 e. The fraction of sp³-hybridized carbons (Fsp3) is 1.00. The molecule has 0 amide bonds. The van der Waals surface area contributed by atoms with Crippen molar-refractivity contribution in [3.05, 3.63) is 0 Å². The van der Waals surface area contributed by atoms with Gasteiger partial charge in [-0.1, -0.05) is 0 Å². The largest absolute Gasteiger partial charge is 0.355 e. The third kappa shape index (κ3) is 5.19. The minimum Gasteiger partial charge on any atom is -0.355 e. The predicted molar refractivity (Wildman–Crippen MR) is 59.0 cm³/mol. The maximum atomic E-state index is 5.58. The zero-order valence-corrected chi connectivity index (χ0v) is 11.2. The molecule has 0 saturated carbocycles. The highest BCUT2D eigenvalue weighted by atomic mass is 32.1. The first kappa shape index (κ1) is 12.5. The molecule has 0 radical (unpaired) electrons. The maximum Gasteiger partial charge on any atom is 0.141 e. The number of thiol groups is 1. The summed E-state index contributed by atoms with van der Waals surface area (Å²) >= 11 is 4.17. The van der Waals surface area contributed by atoms with Gasteiger partial charge in [0.05, 0.1) is 10.2 Å². The molecule has 2 nitrogen and oxygen atoms in total. The van der Waals surface area contributed by atoms with E-state index in [4.69, 9.17) is 9.47 Å². The number of ether oxygens (including phenoxy) is 2. The topological polar surface area (TPSA) is 18.5 Å². The third-order valence-corrected chi connectivity index (χ3v) is 3.08. The Hall–Kier alpha value is 0.487. The van der Waals surface area contributed by atoms with Gasteiger partial charge in [-0.15, -0.1) is 0 Å². The average Bonchev–Trinajstić information content (AvgIpc) is 2.02. The summed E-state index contributed by atoms with van der Waals surface area (Å²) in [6, 6.07) is 0. The van der Waals surface area contributed by atoms with Gasteiger partial charge in [0.2, 0.25) is 0 Å². The minimum atomic E-state index is -0.258. The van der Waals surface area contributed by atoms with Crippen molar-refractivity contribution in [2.75, 3.05) is 19.0 Å². The van der Waals surface area contributed by atoms with Crippen molar-refractivity contribution in [3.63, 3.8) is 0 Å². The maximum absolute atomic E-state index is 5.58. The minimum absolute atomic E-state index is 0.258. The number of hydrogen-bond acceptors (Lipinski definition) is 3. The van der Waals surface area contributed by atoms with Gasteiger partial charge in [-0.3, -0.25) is 0 Å².